The Morgan fingerprint density at radius 2 is 1.94 bits per heavy atom. The third-order valence-electron chi connectivity index (χ3n) is 4.84. The van der Waals surface area contributed by atoms with Crippen LogP contribution in [0.2, 0.25) is 0 Å². The van der Waals surface area contributed by atoms with Gasteiger partial charge in [0.15, 0.2) is 0 Å². The van der Waals surface area contributed by atoms with Crippen molar-refractivity contribution in [2.45, 2.75) is 63.5 Å². The van der Waals surface area contributed by atoms with Crippen molar-refractivity contribution in [2.75, 3.05) is 20.6 Å². The van der Waals surface area contributed by atoms with E-state index in [4.69, 9.17) is 0 Å². The standard InChI is InChI=1S/C14H28N2/c1-12-6-5-9-14(10-12,16(2)3)11-15-13-7-4-8-13/h12-13,15H,4-11H2,1-3H3. The monoisotopic (exact) mass is 224 g/mol. The van der Waals surface area contributed by atoms with E-state index >= 15 is 0 Å². The highest BCUT2D eigenvalue weighted by molar-refractivity contribution is 4.96. The third kappa shape index (κ3) is 2.60. The highest BCUT2D eigenvalue weighted by Gasteiger charge is 2.37. The van der Waals surface area contributed by atoms with E-state index in [0.717, 1.165) is 12.0 Å². The molecule has 0 saturated heterocycles. The van der Waals surface area contributed by atoms with Gasteiger partial charge in [-0.1, -0.05) is 26.2 Å². The normalized spacial score (nSPS) is 36.4. The summed E-state index contributed by atoms with van der Waals surface area (Å²) in [6.45, 7) is 3.62. The van der Waals surface area contributed by atoms with Crippen molar-refractivity contribution < 1.29 is 0 Å². The van der Waals surface area contributed by atoms with Crippen LogP contribution in [0.4, 0.5) is 0 Å². The minimum absolute atomic E-state index is 0.438. The van der Waals surface area contributed by atoms with Crippen molar-refractivity contribution in [3.63, 3.8) is 0 Å². The van der Waals surface area contributed by atoms with E-state index in [-0.39, 0.29) is 0 Å². The molecular formula is C14H28N2. The van der Waals surface area contributed by atoms with Crippen molar-refractivity contribution in [1.29, 1.82) is 0 Å². The van der Waals surface area contributed by atoms with E-state index in [9.17, 15) is 0 Å². The van der Waals surface area contributed by atoms with E-state index in [1.807, 2.05) is 0 Å². The molecule has 94 valence electrons. The van der Waals surface area contributed by atoms with Gasteiger partial charge in [0, 0.05) is 18.1 Å². The summed E-state index contributed by atoms with van der Waals surface area (Å²) in [5, 5.41) is 3.79. The first kappa shape index (κ1) is 12.4. The molecule has 2 aliphatic rings. The van der Waals surface area contributed by atoms with Crippen LogP contribution in [0.1, 0.15) is 51.9 Å². The minimum Gasteiger partial charge on any atom is -0.312 e. The number of hydrogen-bond acceptors (Lipinski definition) is 2. The van der Waals surface area contributed by atoms with E-state index in [2.05, 4.69) is 31.2 Å². The fourth-order valence-electron chi connectivity index (χ4n) is 3.30. The topological polar surface area (TPSA) is 15.3 Å². The van der Waals surface area contributed by atoms with Gasteiger partial charge in [-0.25, -0.2) is 0 Å². The highest BCUT2D eigenvalue weighted by atomic mass is 15.2. The molecule has 2 fully saturated rings. The molecule has 0 amide bonds. The summed E-state index contributed by atoms with van der Waals surface area (Å²) in [4.78, 5) is 2.48. The first-order valence-electron chi connectivity index (χ1n) is 7.03. The van der Waals surface area contributed by atoms with Gasteiger partial charge in [-0.3, -0.25) is 0 Å². The van der Waals surface area contributed by atoms with Gasteiger partial charge in [-0.15, -0.1) is 0 Å². The second-order valence-electron chi connectivity index (χ2n) is 6.33. The SMILES string of the molecule is CC1CCCC(CNC2CCC2)(N(C)C)C1. The van der Waals surface area contributed by atoms with Crippen LogP contribution in [-0.2, 0) is 0 Å². The largest absolute Gasteiger partial charge is 0.312 e. The molecule has 2 atom stereocenters. The maximum Gasteiger partial charge on any atom is 0.0330 e. The van der Waals surface area contributed by atoms with Crippen molar-refractivity contribution in [3.05, 3.63) is 0 Å². The van der Waals surface area contributed by atoms with Crippen molar-refractivity contribution in [3.8, 4) is 0 Å². The van der Waals surface area contributed by atoms with E-state index < -0.39 is 0 Å². The summed E-state index contributed by atoms with van der Waals surface area (Å²) < 4.78 is 0. The number of hydrogen-bond donors (Lipinski definition) is 1. The van der Waals surface area contributed by atoms with Gasteiger partial charge < -0.3 is 10.2 Å². The predicted octanol–water partition coefficient (Wildman–Crippen LogP) is 2.64. The Morgan fingerprint density at radius 3 is 2.44 bits per heavy atom. The Kier molecular flexibility index (Phi) is 3.91. The second-order valence-corrected chi connectivity index (χ2v) is 6.33. The Hall–Kier alpha value is -0.0800. The summed E-state index contributed by atoms with van der Waals surface area (Å²) in [6.07, 6.45) is 9.83. The summed E-state index contributed by atoms with van der Waals surface area (Å²) in [5.41, 5.74) is 0.438. The maximum absolute atomic E-state index is 3.79. The lowest BCUT2D eigenvalue weighted by atomic mass is 9.75. The van der Waals surface area contributed by atoms with E-state index in [1.165, 1.54) is 51.5 Å². The molecule has 2 heteroatoms. The molecule has 16 heavy (non-hydrogen) atoms. The van der Waals surface area contributed by atoms with Gasteiger partial charge in [0.1, 0.15) is 0 Å². The van der Waals surface area contributed by atoms with Gasteiger partial charge in [0.25, 0.3) is 0 Å². The lowest BCUT2D eigenvalue weighted by Gasteiger charge is -2.46. The average molecular weight is 224 g/mol. The number of nitrogens with one attached hydrogen (secondary N) is 1. The first-order chi connectivity index (χ1) is 7.62. The summed E-state index contributed by atoms with van der Waals surface area (Å²) in [7, 11) is 4.53. The Balaban J connectivity index is 1.91. The lowest BCUT2D eigenvalue weighted by Crippen LogP contribution is -2.56. The van der Waals surface area contributed by atoms with Crippen LogP contribution < -0.4 is 5.32 Å². The second kappa shape index (κ2) is 5.05. The summed E-state index contributed by atoms with van der Waals surface area (Å²) >= 11 is 0. The molecule has 0 aromatic carbocycles. The van der Waals surface area contributed by atoms with E-state index in [0.29, 0.717) is 5.54 Å². The van der Waals surface area contributed by atoms with Crippen LogP contribution in [0.15, 0.2) is 0 Å². The van der Waals surface area contributed by atoms with Crippen LogP contribution in [0, 0.1) is 5.92 Å². The summed E-state index contributed by atoms with van der Waals surface area (Å²) in [6, 6.07) is 0.828. The molecule has 0 heterocycles. The number of likely N-dealkylation sites (N-methyl/N-ethyl adjacent to an activating group) is 1. The molecule has 0 aromatic rings. The number of nitrogens with zero attached hydrogens (tertiary/aromatic N) is 1. The zero-order valence-electron chi connectivity index (χ0n) is 11.3. The molecule has 2 aliphatic carbocycles. The molecule has 2 rings (SSSR count). The molecule has 0 spiro atoms. The average Bonchev–Trinajstić information content (AvgIpc) is 2.15. The predicted molar refractivity (Wildman–Crippen MR) is 69.7 cm³/mol. The van der Waals surface area contributed by atoms with Crippen LogP contribution >= 0.6 is 0 Å². The Labute approximate surface area is 101 Å². The molecule has 0 radical (unpaired) electrons. The van der Waals surface area contributed by atoms with Gasteiger partial charge in [-0.05, 0) is 45.7 Å². The zero-order valence-corrected chi connectivity index (χ0v) is 11.3. The molecule has 1 N–H and O–H groups in total. The van der Waals surface area contributed by atoms with Crippen LogP contribution in [0.25, 0.3) is 0 Å². The zero-order chi connectivity index (χ0) is 11.6. The lowest BCUT2D eigenvalue weighted by molar-refractivity contribution is 0.0687. The van der Waals surface area contributed by atoms with Gasteiger partial charge >= 0.3 is 0 Å². The maximum atomic E-state index is 3.79. The van der Waals surface area contributed by atoms with Crippen LogP contribution in [0.3, 0.4) is 0 Å². The smallest absolute Gasteiger partial charge is 0.0330 e. The molecule has 0 bridgehead atoms. The molecule has 2 nitrogen and oxygen atoms in total. The van der Waals surface area contributed by atoms with Crippen LogP contribution in [0.5, 0.6) is 0 Å². The van der Waals surface area contributed by atoms with Crippen LogP contribution in [-0.4, -0.2) is 37.1 Å². The Morgan fingerprint density at radius 1 is 1.19 bits per heavy atom. The molecule has 0 aliphatic heterocycles. The molecule has 0 aromatic heterocycles. The highest BCUT2D eigenvalue weighted by Crippen LogP contribution is 2.35. The van der Waals surface area contributed by atoms with Gasteiger partial charge in [0.05, 0.1) is 0 Å². The molecule has 2 unspecified atom stereocenters. The van der Waals surface area contributed by atoms with Crippen molar-refractivity contribution >= 4 is 0 Å². The quantitative estimate of drug-likeness (QED) is 0.790. The van der Waals surface area contributed by atoms with Gasteiger partial charge in [0.2, 0.25) is 0 Å². The molecular weight excluding hydrogens is 196 g/mol. The number of rotatable bonds is 4. The third-order valence-corrected chi connectivity index (χ3v) is 4.84. The minimum atomic E-state index is 0.438. The van der Waals surface area contributed by atoms with E-state index in [1.54, 1.807) is 0 Å². The summed E-state index contributed by atoms with van der Waals surface area (Å²) in [5.74, 6) is 0.902. The van der Waals surface area contributed by atoms with Gasteiger partial charge in [-0.2, -0.15) is 0 Å². The Bertz CT molecular complexity index is 223. The van der Waals surface area contributed by atoms with Crippen molar-refractivity contribution in [2.24, 2.45) is 5.92 Å². The fraction of sp³-hybridized carbons (Fsp3) is 1.00. The fourth-order valence-corrected chi connectivity index (χ4v) is 3.30. The molecule has 2 saturated carbocycles. The first-order valence-corrected chi connectivity index (χ1v) is 7.03. The van der Waals surface area contributed by atoms with Crippen molar-refractivity contribution in [1.82, 2.24) is 10.2 Å².